The fourth-order valence-corrected chi connectivity index (χ4v) is 3.21. The highest BCUT2D eigenvalue weighted by Gasteiger charge is 2.15. The zero-order valence-corrected chi connectivity index (χ0v) is 13.4. The van der Waals surface area contributed by atoms with E-state index >= 15 is 0 Å². The van der Waals surface area contributed by atoms with E-state index in [4.69, 9.17) is 11.6 Å². The number of hydrogen-bond acceptors (Lipinski definition) is 3. The van der Waals surface area contributed by atoms with Gasteiger partial charge in [0.25, 0.3) is 0 Å². The van der Waals surface area contributed by atoms with Crippen molar-refractivity contribution in [1.82, 2.24) is 15.1 Å². The van der Waals surface area contributed by atoms with E-state index < -0.39 is 0 Å². The van der Waals surface area contributed by atoms with Gasteiger partial charge in [-0.25, -0.2) is 0 Å². The van der Waals surface area contributed by atoms with E-state index in [0.717, 1.165) is 23.9 Å². The normalized spacial score (nSPS) is 12.6. The molecule has 1 unspecified atom stereocenters. The number of hydrogen-bond donors (Lipinski definition) is 1. The van der Waals surface area contributed by atoms with Gasteiger partial charge in [-0.15, -0.1) is 11.8 Å². The van der Waals surface area contributed by atoms with Crippen LogP contribution in [0.25, 0.3) is 0 Å². The first kappa shape index (κ1) is 15.4. The Morgan fingerprint density at radius 1 is 1.25 bits per heavy atom. The Morgan fingerprint density at radius 3 is 2.65 bits per heavy atom. The van der Waals surface area contributed by atoms with Gasteiger partial charge in [-0.2, -0.15) is 5.10 Å². The average molecular weight is 310 g/mol. The fraction of sp³-hybridized carbons (Fsp3) is 0.400. The van der Waals surface area contributed by atoms with Crippen molar-refractivity contribution in [3.8, 4) is 0 Å². The highest BCUT2D eigenvalue weighted by atomic mass is 35.5. The van der Waals surface area contributed by atoms with Crippen LogP contribution in [0.4, 0.5) is 0 Å². The van der Waals surface area contributed by atoms with E-state index in [-0.39, 0.29) is 0 Å². The van der Waals surface area contributed by atoms with Crippen LogP contribution in [0, 0.1) is 0 Å². The second-order valence-corrected chi connectivity index (χ2v) is 5.98. The van der Waals surface area contributed by atoms with Crippen LogP contribution < -0.4 is 5.32 Å². The zero-order valence-electron chi connectivity index (χ0n) is 11.8. The van der Waals surface area contributed by atoms with Gasteiger partial charge >= 0.3 is 0 Å². The summed E-state index contributed by atoms with van der Waals surface area (Å²) in [5.41, 5.74) is 1.25. The quantitative estimate of drug-likeness (QED) is 0.784. The van der Waals surface area contributed by atoms with E-state index in [1.54, 1.807) is 0 Å². The lowest BCUT2D eigenvalue weighted by Gasteiger charge is -2.18. The van der Waals surface area contributed by atoms with Gasteiger partial charge in [-0.3, -0.25) is 4.68 Å². The fourth-order valence-electron chi connectivity index (χ4n) is 2.11. The SMILES string of the molecule is CCNC(CSc1ccc(Cl)cc1)c1ccnn1CC. The van der Waals surface area contributed by atoms with Crippen LogP contribution in [0.2, 0.25) is 5.02 Å². The van der Waals surface area contributed by atoms with Crippen molar-refractivity contribution in [3.05, 3.63) is 47.2 Å². The van der Waals surface area contributed by atoms with Crippen LogP contribution in [0.1, 0.15) is 25.6 Å². The monoisotopic (exact) mass is 309 g/mol. The molecule has 20 heavy (non-hydrogen) atoms. The predicted molar refractivity (Wildman–Crippen MR) is 86.5 cm³/mol. The van der Waals surface area contributed by atoms with Crippen LogP contribution >= 0.6 is 23.4 Å². The molecule has 0 aliphatic heterocycles. The summed E-state index contributed by atoms with van der Waals surface area (Å²) in [6.45, 7) is 6.09. The smallest absolute Gasteiger partial charge is 0.0587 e. The van der Waals surface area contributed by atoms with E-state index in [1.165, 1.54) is 10.6 Å². The summed E-state index contributed by atoms with van der Waals surface area (Å²) in [4.78, 5) is 1.24. The van der Waals surface area contributed by atoms with E-state index in [9.17, 15) is 0 Å². The minimum atomic E-state index is 0.308. The third kappa shape index (κ3) is 4.01. The van der Waals surface area contributed by atoms with Crippen molar-refractivity contribution >= 4 is 23.4 Å². The van der Waals surface area contributed by atoms with Gasteiger partial charge in [0.1, 0.15) is 0 Å². The largest absolute Gasteiger partial charge is 0.308 e. The molecule has 2 rings (SSSR count). The molecule has 0 fully saturated rings. The van der Waals surface area contributed by atoms with Crippen molar-refractivity contribution in [3.63, 3.8) is 0 Å². The van der Waals surface area contributed by atoms with Gasteiger partial charge in [0.15, 0.2) is 0 Å². The number of aromatic nitrogens is 2. The molecule has 2 aromatic rings. The second-order valence-electron chi connectivity index (χ2n) is 4.45. The lowest BCUT2D eigenvalue weighted by molar-refractivity contribution is 0.527. The Kier molecular flexibility index (Phi) is 5.95. The Hall–Kier alpha value is -0.970. The van der Waals surface area contributed by atoms with Crippen LogP contribution in [0.3, 0.4) is 0 Å². The van der Waals surface area contributed by atoms with Crippen molar-refractivity contribution < 1.29 is 0 Å². The molecule has 0 bridgehead atoms. The molecule has 1 atom stereocenters. The van der Waals surface area contributed by atoms with Crippen molar-refractivity contribution in [1.29, 1.82) is 0 Å². The number of benzene rings is 1. The lowest BCUT2D eigenvalue weighted by atomic mass is 10.2. The number of nitrogens with zero attached hydrogens (tertiary/aromatic N) is 2. The van der Waals surface area contributed by atoms with E-state index in [0.29, 0.717) is 6.04 Å². The summed E-state index contributed by atoms with van der Waals surface area (Å²) in [6.07, 6.45) is 1.87. The maximum Gasteiger partial charge on any atom is 0.0587 e. The predicted octanol–water partition coefficient (Wildman–Crippen LogP) is 4.00. The highest BCUT2D eigenvalue weighted by molar-refractivity contribution is 7.99. The van der Waals surface area contributed by atoms with Crippen molar-refractivity contribution in [2.45, 2.75) is 31.3 Å². The summed E-state index contributed by atoms with van der Waals surface area (Å²) in [5.74, 6) is 0.973. The van der Waals surface area contributed by atoms with Crippen molar-refractivity contribution in [2.24, 2.45) is 0 Å². The van der Waals surface area contributed by atoms with Crippen molar-refractivity contribution in [2.75, 3.05) is 12.3 Å². The first-order valence-corrected chi connectivity index (χ1v) is 8.24. The molecule has 0 aliphatic carbocycles. The molecule has 5 heteroatoms. The van der Waals surface area contributed by atoms with E-state index in [2.05, 4.69) is 47.1 Å². The molecule has 0 spiro atoms. The molecule has 1 heterocycles. The third-order valence-electron chi connectivity index (χ3n) is 3.09. The molecule has 1 aromatic heterocycles. The highest BCUT2D eigenvalue weighted by Crippen LogP contribution is 2.25. The summed E-state index contributed by atoms with van der Waals surface area (Å²) in [7, 11) is 0. The molecule has 0 aliphatic rings. The number of halogens is 1. The molecule has 3 nitrogen and oxygen atoms in total. The van der Waals surface area contributed by atoms with Gasteiger partial charge in [0.2, 0.25) is 0 Å². The number of thioether (sulfide) groups is 1. The average Bonchev–Trinajstić information content (AvgIpc) is 2.93. The number of rotatable bonds is 7. The maximum absolute atomic E-state index is 5.91. The minimum absolute atomic E-state index is 0.308. The first-order valence-electron chi connectivity index (χ1n) is 6.88. The van der Waals surface area contributed by atoms with Gasteiger partial charge in [-0.05, 0) is 43.8 Å². The molecule has 1 aromatic carbocycles. The molecule has 0 radical (unpaired) electrons. The lowest BCUT2D eigenvalue weighted by Crippen LogP contribution is -2.25. The zero-order chi connectivity index (χ0) is 14.4. The molecule has 0 saturated carbocycles. The Labute approximate surface area is 129 Å². The van der Waals surface area contributed by atoms with Crippen LogP contribution in [0.5, 0.6) is 0 Å². The summed E-state index contributed by atoms with van der Waals surface area (Å²) in [5, 5.41) is 8.67. The summed E-state index contributed by atoms with van der Waals surface area (Å²) >= 11 is 7.74. The maximum atomic E-state index is 5.91. The Morgan fingerprint density at radius 2 is 2.00 bits per heavy atom. The van der Waals surface area contributed by atoms with Crippen LogP contribution in [-0.4, -0.2) is 22.1 Å². The molecule has 0 saturated heterocycles. The second kappa shape index (κ2) is 7.72. The molecule has 108 valence electrons. The molecule has 1 N–H and O–H groups in total. The van der Waals surface area contributed by atoms with Gasteiger partial charge in [-0.1, -0.05) is 18.5 Å². The Balaban J connectivity index is 2.04. The molecular weight excluding hydrogens is 290 g/mol. The number of aryl methyl sites for hydroxylation is 1. The standard InChI is InChI=1S/C15H20ClN3S/c1-3-17-14(15-9-10-18-19(15)4-2)11-20-13-7-5-12(16)6-8-13/h5-10,14,17H,3-4,11H2,1-2H3. The minimum Gasteiger partial charge on any atom is -0.308 e. The summed E-state index contributed by atoms with van der Waals surface area (Å²) < 4.78 is 2.05. The van der Waals surface area contributed by atoms with Gasteiger partial charge < -0.3 is 5.32 Å². The third-order valence-corrected chi connectivity index (χ3v) is 4.44. The van der Waals surface area contributed by atoms with Crippen LogP contribution in [0.15, 0.2) is 41.4 Å². The summed E-state index contributed by atoms with van der Waals surface area (Å²) in [6, 6.07) is 10.4. The van der Waals surface area contributed by atoms with Crippen LogP contribution in [-0.2, 0) is 6.54 Å². The van der Waals surface area contributed by atoms with Gasteiger partial charge in [0.05, 0.1) is 11.7 Å². The topological polar surface area (TPSA) is 29.9 Å². The molecule has 0 amide bonds. The number of nitrogens with one attached hydrogen (secondary N) is 1. The first-order chi connectivity index (χ1) is 9.74. The van der Waals surface area contributed by atoms with E-state index in [1.807, 2.05) is 30.1 Å². The molecular formula is C15H20ClN3S. The Bertz CT molecular complexity index is 524. The van der Waals surface area contributed by atoms with Gasteiger partial charge in [0, 0.05) is 28.4 Å².